The topological polar surface area (TPSA) is 93.1 Å². The Hall–Kier alpha value is -2.19. The first-order valence-corrected chi connectivity index (χ1v) is 9.56. The second-order valence-electron chi connectivity index (χ2n) is 5.76. The molecule has 1 fully saturated rings. The van der Waals surface area contributed by atoms with Crippen LogP contribution < -0.4 is 4.74 Å². The minimum Gasteiger partial charge on any atom is -0.503 e. The fourth-order valence-electron chi connectivity index (χ4n) is 2.20. The molecule has 2 rings (SSSR count). The number of esters is 1. The molecule has 1 aromatic carbocycles. The van der Waals surface area contributed by atoms with Gasteiger partial charge in [-0.3, -0.25) is 19.3 Å². The van der Waals surface area contributed by atoms with Crippen LogP contribution in [0.15, 0.2) is 17.0 Å². The van der Waals surface area contributed by atoms with E-state index in [0.717, 1.165) is 4.90 Å². The molecule has 0 spiro atoms. The minimum absolute atomic E-state index is 0.0589. The van der Waals surface area contributed by atoms with Crippen molar-refractivity contribution in [3.63, 3.8) is 0 Å². The Labute approximate surface area is 166 Å². The molecule has 1 atom stereocenters. The van der Waals surface area contributed by atoms with Gasteiger partial charge in [-0.15, -0.1) is 0 Å². The largest absolute Gasteiger partial charge is 0.503 e. The summed E-state index contributed by atoms with van der Waals surface area (Å²) < 4.78 is 10.4. The Morgan fingerprint density at radius 1 is 1.37 bits per heavy atom. The third-order valence-electron chi connectivity index (χ3n) is 3.72. The second kappa shape index (κ2) is 9.14. The van der Waals surface area contributed by atoms with Crippen LogP contribution in [0.25, 0.3) is 6.08 Å². The third kappa shape index (κ3) is 5.17. The van der Waals surface area contributed by atoms with E-state index >= 15 is 0 Å². The molecular formula is C18H20ClNO6S. The van der Waals surface area contributed by atoms with Crippen LogP contribution in [0.3, 0.4) is 0 Å². The molecule has 0 aliphatic carbocycles. The van der Waals surface area contributed by atoms with Gasteiger partial charge in [0.2, 0.25) is 0 Å². The Kier molecular flexibility index (Phi) is 7.15. The highest BCUT2D eigenvalue weighted by Crippen LogP contribution is 2.38. The van der Waals surface area contributed by atoms with Gasteiger partial charge in [-0.1, -0.05) is 18.5 Å². The van der Waals surface area contributed by atoms with Gasteiger partial charge >= 0.3 is 5.97 Å². The zero-order valence-corrected chi connectivity index (χ0v) is 16.7. The number of amides is 2. The van der Waals surface area contributed by atoms with E-state index < -0.39 is 23.7 Å². The lowest BCUT2D eigenvalue weighted by molar-refractivity contribution is -0.150. The van der Waals surface area contributed by atoms with Gasteiger partial charge in [0, 0.05) is 0 Å². The van der Waals surface area contributed by atoms with Crippen molar-refractivity contribution in [3.05, 3.63) is 27.6 Å². The SMILES string of the molecule is CCOc1cc(/C=C2\SC(=O)N(CC(=O)O[C@@H](C)CC)C2=O)cc(Cl)c1O. The van der Waals surface area contributed by atoms with E-state index in [1.807, 2.05) is 6.92 Å². The maximum absolute atomic E-state index is 12.5. The quantitative estimate of drug-likeness (QED) is 0.536. The summed E-state index contributed by atoms with van der Waals surface area (Å²) in [6, 6.07) is 2.96. The molecule has 0 bridgehead atoms. The van der Waals surface area contributed by atoms with Gasteiger partial charge in [0.1, 0.15) is 6.54 Å². The highest BCUT2D eigenvalue weighted by molar-refractivity contribution is 8.18. The lowest BCUT2D eigenvalue weighted by Gasteiger charge is -2.14. The molecule has 1 aromatic rings. The zero-order chi connectivity index (χ0) is 20.1. The number of halogens is 1. The number of ether oxygens (including phenoxy) is 2. The molecule has 146 valence electrons. The van der Waals surface area contributed by atoms with E-state index in [1.54, 1.807) is 13.8 Å². The molecule has 1 saturated heterocycles. The Balaban J connectivity index is 2.20. The molecule has 27 heavy (non-hydrogen) atoms. The van der Waals surface area contributed by atoms with Gasteiger partial charge in [-0.05, 0) is 55.8 Å². The van der Waals surface area contributed by atoms with Crippen molar-refractivity contribution in [2.45, 2.75) is 33.3 Å². The second-order valence-corrected chi connectivity index (χ2v) is 7.16. The van der Waals surface area contributed by atoms with Crippen molar-refractivity contribution < 1.29 is 29.0 Å². The van der Waals surface area contributed by atoms with E-state index in [4.69, 9.17) is 21.1 Å². The number of hydrogen-bond acceptors (Lipinski definition) is 7. The first kappa shape index (κ1) is 21.1. The molecular weight excluding hydrogens is 394 g/mol. The van der Waals surface area contributed by atoms with E-state index in [-0.39, 0.29) is 27.5 Å². The standard InChI is InChI=1S/C18H20ClNO6S/c1-4-10(3)26-15(21)9-20-17(23)14(27-18(20)24)8-11-6-12(19)16(22)13(7-11)25-5-2/h6-8,10,22H,4-5,9H2,1-3H3/b14-8-/t10-/m0/s1. The van der Waals surface area contributed by atoms with Crippen LogP contribution in [0.5, 0.6) is 11.5 Å². The summed E-state index contributed by atoms with van der Waals surface area (Å²) >= 11 is 6.69. The van der Waals surface area contributed by atoms with Crippen LogP contribution >= 0.6 is 23.4 Å². The van der Waals surface area contributed by atoms with Crippen molar-refractivity contribution in [1.29, 1.82) is 0 Å². The van der Waals surface area contributed by atoms with Crippen LogP contribution in [-0.2, 0) is 14.3 Å². The number of aromatic hydroxyl groups is 1. The summed E-state index contributed by atoms with van der Waals surface area (Å²) in [5.41, 5.74) is 0.480. The number of imide groups is 1. The van der Waals surface area contributed by atoms with Gasteiger partial charge in [0.25, 0.3) is 11.1 Å². The van der Waals surface area contributed by atoms with Gasteiger partial charge in [0.05, 0.1) is 22.6 Å². The summed E-state index contributed by atoms with van der Waals surface area (Å²) in [5, 5.41) is 9.38. The Morgan fingerprint density at radius 3 is 2.70 bits per heavy atom. The van der Waals surface area contributed by atoms with E-state index in [9.17, 15) is 19.5 Å². The first-order chi connectivity index (χ1) is 12.8. The predicted molar refractivity (Wildman–Crippen MR) is 103 cm³/mol. The molecule has 1 aliphatic heterocycles. The lowest BCUT2D eigenvalue weighted by Crippen LogP contribution is -2.35. The molecule has 7 nitrogen and oxygen atoms in total. The zero-order valence-electron chi connectivity index (χ0n) is 15.2. The first-order valence-electron chi connectivity index (χ1n) is 8.36. The Morgan fingerprint density at radius 2 is 2.07 bits per heavy atom. The normalized spacial score (nSPS) is 16.7. The maximum atomic E-state index is 12.5. The summed E-state index contributed by atoms with van der Waals surface area (Å²) in [7, 11) is 0. The smallest absolute Gasteiger partial charge is 0.326 e. The highest BCUT2D eigenvalue weighted by atomic mass is 35.5. The van der Waals surface area contributed by atoms with Gasteiger partial charge in [0.15, 0.2) is 11.5 Å². The van der Waals surface area contributed by atoms with Crippen molar-refractivity contribution >= 4 is 46.6 Å². The number of phenolic OH excluding ortho intramolecular Hbond substituents is 1. The number of thioether (sulfide) groups is 1. The predicted octanol–water partition coefficient (Wildman–Crippen LogP) is 3.82. The molecule has 1 aliphatic rings. The number of nitrogens with zero attached hydrogens (tertiary/aromatic N) is 1. The number of carbonyl (C=O) groups excluding carboxylic acids is 3. The Bertz CT molecular complexity index is 794. The number of rotatable bonds is 7. The van der Waals surface area contributed by atoms with Crippen LogP contribution in [-0.4, -0.2) is 46.4 Å². The summed E-state index contributed by atoms with van der Waals surface area (Å²) in [5.74, 6) is -1.25. The monoisotopic (exact) mass is 413 g/mol. The molecule has 0 saturated carbocycles. The van der Waals surface area contributed by atoms with Gasteiger partial charge in [-0.25, -0.2) is 0 Å². The van der Waals surface area contributed by atoms with Gasteiger partial charge < -0.3 is 14.6 Å². The van der Waals surface area contributed by atoms with Crippen molar-refractivity contribution in [2.24, 2.45) is 0 Å². The number of phenols is 1. The minimum atomic E-state index is -0.640. The number of carbonyl (C=O) groups is 3. The summed E-state index contributed by atoms with van der Waals surface area (Å²) in [4.78, 5) is 37.4. The fraction of sp³-hybridized carbons (Fsp3) is 0.389. The molecule has 9 heteroatoms. The van der Waals surface area contributed by atoms with E-state index in [0.29, 0.717) is 30.4 Å². The van der Waals surface area contributed by atoms with Crippen LogP contribution in [0.4, 0.5) is 4.79 Å². The summed E-state index contributed by atoms with van der Waals surface area (Å²) in [6.45, 7) is 5.23. The molecule has 0 aromatic heterocycles. The average Bonchev–Trinajstić information content (AvgIpc) is 2.86. The average molecular weight is 414 g/mol. The lowest BCUT2D eigenvalue weighted by atomic mass is 10.2. The van der Waals surface area contributed by atoms with Crippen molar-refractivity contribution in [1.82, 2.24) is 4.90 Å². The highest BCUT2D eigenvalue weighted by Gasteiger charge is 2.37. The molecule has 2 amide bonds. The maximum Gasteiger partial charge on any atom is 0.326 e. The molecule has 1 heterocycles. The molecule has 0 unspecified atom stereocenters. The third-order valence-corrected chi connectivity index (χ3v) is 4.91. The number of hydrogen-bond donors (Lipinski definition) is 1. The van der Waals surface area contributed by atoms with Crippen LogP contribution in [0.1, 0.15) is 32.8 Å². The van der Waals surface area contributed by atoms with Crippen LogP contribution in [0, 0.1) is 0 Å². The van der Waals surface area contributed by atoms with E-state index in [1.165, 1.54) is 18.2 Å². The number of benzene rings is 1. The van der Waals surface area contributed by atoms with Crippen molar-refractivity contribution in [3.8, 4) is 11.5 Å². The van der Waals surface area contributed by atoms with Crippen molar-refractivity contribution in [2.75, 3.05) is 13.2 Å². The molecule has 0 radical (unpaired) electrons. The summed E-state index contributed by atoms with van der Waals surface area (Å²) in [6.07, 6.45) is 1.81. The van der Waals surface area contributed by atoms with Crippen LogP contribution in [0.2, 0.25) is 5.02 Å². The van der Waals surface area contributed by atoms with E-state index in [2.05, 4.69) is 0 Å². The van der Waals surface area contributed by atoms with Gasteiger partial charge in [-0.2, -0.15) is 0 Å². The molecule has 1 N–H and O–H groups in total. The fourth-order valence-corrected chi connectivity index (χ4v) is 3.26.